The SMILES string of the molecule is COc1ccc2oc(C(=O)Nc3ccccc3SC)c(C)c2c1. The molecule has 2 aromatic carbocycles. The van der Waals surface area contributed by atoms with E-state index in [1.807, 2.05) is 55.6 Å². The van der Waals surface area contributed by atoms with Gasteiger partial charge in [0.05, 0.1) is 12.8 Å². The third kappa shape index (κ3) is 2.92. The molecular weight excluding hydrogens is 310 g/mol. The topological polar surface area (TPSA) is 51.5 Å². The lowest BCUT2D eigenvalue weighted by molar-refractivity contribution is 0.0997. The molecule has 1 N–H and O–H groups in total. The van der Waals surface area contributed by atoms with Crippen LogP contribution in [-0.2, 0) is 0 Å². The summed E-state index contributed by atoms with van der Waals surface area (Å²) in [5.74, 6) is 0.810. The Morgan fingerprint density at radius 3 is 2.74 bits per heavy atom. The van der Waals surface area contributed by atoms with Gasteiger partial charge in [-0.2, -0.15) is 0 Å². The van der Waals surface area contributed by atoms with Gasteiger partial charge in [0.15, 0.2) is 5.76 Å². The van der Waals surface area contributed by atoms with Gasteiger partial charge in [-0.15, -0.1) is 11.8 Å². The van der Waals surface area contributed by atoms with Gasteiger partial charge in [0.1, 0.15) is 11.3 Å². The second-order valence-electron chi connectivity index (χ2n) is 5.07. The van der Waals surface area contributed by atoms with Crippen LogP contribution < -0.4 is 10.1 Å². The van der Waals surface area contributed by atoms with Crippen LogP contribution in [0.25, 0.3) is 11.0 Å². The van der Waals surface area contributed by atoms with Crippen LogP contribution in [0.3, 0.4) is 0 Å². The molecule has 5 heteroatoms. The number of methoxy groups -OCH3 is 1. The number of hydrogen-bond donors (Lipinski definition) is 1. The highest BCUT2D eigenvalue weighted by Crippen LogP contribution is 2.30. The monoisotopic (exact) mass is 327 g/mol. The van der Waals surface area contributed by atoms with E-state index in [0.717, 1.165) is 27.3 Å². The predicted octanol–water partition coefficient (Wildman–Crippen LogP) is 4.72. The quantitative estimate of drug-likeness (QED) is 0.704. The molecule has 118 valence electrons. The minimum atomic E-state index is -0.251. The molecule has 0 aliphatic carbocycles. The lowest BCUT2D eigenvalue weighted by Crippen LogP contribution is -2.12. The number of ether oxygens (including phenoxy) is 1. The van der Waals surface area contributed by atoms with Gasteiger partial charge in [0.25, 0.3) is 5.91 Å². The Balaban J connectivity index is 1.96. The molecule has 23 heavy (non-hydrogen) atoms. The van der Waals surface area contributed by atoms with Gasteiger partial charge < -0.3 is 14.5 Å². The predicted molar refractivity (Wildman–Crippen MR) is 93.7 cm³/mol. The molecule has 3 aromatic rings. The van der Waals surface area contributed by atoms with Crippen molar-refractivity contribution >= 4 is 34.3 Å². The third-order valence-electron chi connectivity index (χ3n) is 3.70. The molecule has 0 atom stereocenters. The molecule has 0 saturated carbocycles. The number of carbonyl (C=O) groups is 1. The van der Waals surface area contributed by atoms with Crippen molar-refractivity contribution < 1.29 is 13.9 Å². The maximum absolute atomic E-state index is 12.6. The Kier molecular flexibility index (Phi) is 4.30. The van der Waals surface area contributed by atoms with Crippen LogP contribution in [0.4, 0.5) is 5.69 Å². The van der Waals surface area contributed by atoms with E-state index in [0.29, 0.717) is 11.3 Å². The van der Waals surface area contributed by atoms with E-state index in [1.54, 1.807) is 18.9 Å². The van der Waals surface area contributed by atoms with Gasteiger partial charge in [-0.05, 0) is 43.5 Å². The van der Waals surface area contributed by atoms with Crippen molar-refractivity contribution in [2.45, 2.75) is 11.8 Å². The van der Waals surface area contributed by atoms with E-state index in [-0.39, 0.29) is 5.91 Å². The highest BCUT2D eigenvalue weighted by molar-refractivity contribution is 7.98. The summed E-state index contributed by atoms with van der Waals surface area (Å²) < 4.78 is 11.0. The van der Waals surface area contributed by atoms with E-state index in [1.165, 1.54) is 0 Å². The second-order valence-corrected chi connectivity index (χ2v) is 5.92. The van der Waals surface area contributed by atoms with Crippen molar-refractivity contribution in [2.24, 2.45) is 0 Å². The lowest BCUT2D eigenvalue weighted by atomic mass is 10.1. The smallest absolute Gasteiger partial charge is 0.291 e. The second kappa shape index (κ2) is 6.38. The summed E-state index contributed by atoms with van der Waals surface area (Å²) in [6.45, 7) is 1.88. The van der Waals surface area contributed by atoms with Gasteiger partial charge in [-0.1, -0.05) is 12.1 Å². The molecule has 0 radical (unpaired) electrons. The summed E-state index contributed by atoms with van der Waals surface area (Å²) in [5.41, 5.74) is 2.26. The van der Waals surface area contributed by atoms with E-state index in [2.05, 4.69) is 5.32 Å². The summed E-state index contributed by atoms with van der Waals surface area (Å²) in [7, 11) is 1.61. The number of amides is 1. The average molecular weight is 327 g/mol. The molecule has 0 bridgehead atoms. The Hall–Kier alpha value is -2.40. The normalized spacial score (nSPS) is 10.7. The zero-order valence-corrected chi connectivity index (χ0v) is 14.0. The standard InChI is InChI=1S/C18H17NO3S/c1-11-13-10-12(21-2)8-9-15(13)22-17(11)18(20)19-14-6-4-5-7-16(14)23-3/h4-10H,1-3H3,(H,19,20). The number of benzene rings is 2. The van der Waals surface area contributed by atoms with Crippen molar-refractivity contribution in [3.63, 3.8) is 0 Å². The van der Waals surface area contributed by atoms with Gasteiger partial charge >= 0.3 is 0 Å². The number of carbonyl (C=O) groups excluding carboxylic acids is 1. The van der Waals surface area contributed by atoms with E-state index < -0.39 is 0 Å². The first kappa shape index (κ1) is 15.5. The van der Waals surface area contributed by atoms with Crippen molar-refractivity contribution in [2.75, 3.05) is 18.7 Å². The molecule has 1 heterocycles. The number of anilines is 1. The molecule has 0 aliphatic heterocycles. The van der Waals surface area contributed by atoms with Crippen molar-refractivity contribution in [3.8, 4) is 5.75 Å². The fourth-order valence-corrected chi connectivity index (χ4v) is 3.02. The first-order valence-electron chi connectivity index (χ1n) is 7.15. The van der Waals surface area contributed by atoms with Gasteiger partial charge in [0.2, 0.25) is 0 Å². The fraction of sp³-hybridized carbons (Fsp3) is 0.167. The zero-order chi connectivity index (χ0) is 16.4. The van der Waals surface area contributed by atoms with Crippen molar-refractivity contribution in [3.05, 3.63) is 53.8 Å². The molecule has 0 fully saturated rings. The summed E-state index contributed by atoms with van der Waals surface area (Å²) in [5, 5.41) is 3.81. The molecule has 0 saturated heterocycles. The molecule has 4 nitrogen and oxygen atoms in total. The van der Waals surface area contributed by atoms with Crippen LogP contribution in [0, 0.1) is 6.92 Å². The van der Waals surface area contributed by atoms with Crippen LogP contribution in [-0.4, -0.2) is 19.3 Å². The number of thioether (sulfide) groups is 1. The zero-order valence-electron chi connectivity index (χ0n) is 13.2. The number of fused-ring (bicyclic) bond motifs is 1. The van der Waals surface area contributed by atoms with Crippen LogP contribution in [0.15, 0.2) is 51.8 Å². The molecule has 0 unspecified atom stereocenters. The van der Waals surface area contributed by atoms with Gasteiger partial charge in [0, 0.05) is 15.8 Å². The first-order chi connectivity index (χ1) is 11.1. The number of furan rings is 1. The summed E-state index contributed by atoms with van der Waals surface area (Å²) in [6, 6.07) is 13.2. The van der Waals surface area contributed by atoms with Crippen molar-refractivity contribution in [1.29, 1.82) is 0 Å². The molecule has 3 rings (SSSR count). The molecule has 0 aliphatic rings. The first-order valence-corrected chi connectivity index (χ1v) is 8.38. The highest BCUT2D eigenvalue weighted by Gasteiger charge is 2.19. The number of aryl methyl sites for hydroxylation is 1. The molecule has 0 spiro atoms. The van der Waals surface area contributed by atoms with Crippen LogP contribution >= 0.6 is 11.8 Å². The lowest BCUT2D eigenvalue weighted by Gasteiger charge is -2.08. The molecule has 1 amide bonds. The van der Waals surface area contributed by atoms with E-state index >= 15 is 0 Å². The molecular formula is C18H17NO3S. The maximum Gasteiger partial charge on any atom is 0.291 e. The van der Waals surface area contributed by atoms with Gasteiger partial charge in [-0.25, -0.2) is 0 Å². The molecule has 1 aromatic heterocycles. The minimum Gasteiger partial charge on any atom is -0.497 e. The van der Waals surface area contributed by atoms with E-state index in [4.69, 9.17) is 9.15 Å². The third-order valence-corrected chi connectivity index (χ3v) is 4.50. The fourth-order valence-electron chi connectivity index (χ4n) is 2.47. The summed E-state index contributed by atoms with van der Waals surface area (Å²) >= 11 is 1.58. The summed E-state index contributed by atoms with van der Waals surface area (Å²) in [4.78, 5) is 13.6. The Bertz CT molecular complexity index is 870. The number of hydrogen-bond acceptors (Lipinski definition) is 4. The number of para-hydroxylation sites is 1. The van der Waals surface area contributed by atoms with Crippen LogP contribution in [0.5, 0.6) is 5.75 Å². The Morgan fingerprint density at radius 2 is 2.00 bits per heavy atom. The van der Waals surface area contributed by atoms with Crippen LogP contribution in [0.1, 0.15) is 16.1 Å². The largest absolute Gasteiger partial charge is 0.497 e. The van der Waals surface area contributed by atoms with Crippen molar-refractivity contribution in [1.82, 2.24) is 0 Å². The van der Waals surface area contributed by atoms with E-state index in [9.17, 15) is 4.79 Å². The Morgan fingerprint density at radius 1 is 1.22 bits per heavy atom. The highest BCUT2D eigenvalue weighted by atomic mass is 32.2. The van der Waals surface area contributed by atoms with Gasteiger partial charge in [-0.3, -0.25) is 4.79 Å². The number of nitrogens with one attached hydrogen (secondary N) is 1. The average Bonchev–Trinajstić information content (AvgIpc) is 2.91. The Labute approximate surface area is 138 Å². The number of rotatable bonds is 4. The summed E-state index contributed by atoms with van der Waals surface area (Å²) in [6.07, 6.45) is 1.98. The minimum absolute atomic E-state index is 0.251. The van der Waals surface area contributed by atoms with Crippen LogP contribution in [0.2, 0.25) is 0 Å². The maximum atomic E-state index is 12.6.